The van der Waals surface area contributed by atoms with Gasteiger partial charge in [-0.05, 0) is 25.0 Å². The standard InChI is InChI=1S/C14H20N4O/c1-12(11-19-2)18-9-8-17-14(18)16-7-5-13-4-3-6-15-10-13/h3-4,6,8-10,12H,5,7,11H2,1-2H3,(H,16,17). The number of methoxy groups -OCH3 is 1. The van der Waals surface area contributed by atoms with Crippen LogP contribution in [-0.4, -0.2) is 34.8 Å². The Kier molecular flexibility index (Phi) is 4.92. The average Bonchev–Trinajstić information content (AvgIpc) is 2.89. The Hall–Kier alpha value is -1.88. The van der Waals surface area contributed by atoms with Gasteiger partial charge in [-0.2, -0.15) is 0 Å². The fourth-order valence-electron chi connectivity index (χ4n) is 1.99. The van der Waals surface area contributed by atoms with Crippen LogP contribution in [0.2, 0.25) is 0 Å². The molecule has 0 fully saturated rings. The summed E-state index contributed by atoms with van der Waals surface area (Å²) >= 11 is 0. The zero-order valence-corrected chi connectivity index (χ0v) is 11.4. The fourth-order valence-corrected chi connectivity index (χ4v) is 1.99. The zero-order valence-electron chi connectivity index (χ0n) is 11.4. The van der Waals surface area contributed by atoms with Gasteiger partial charge in [0.15, 0.2) is 0 Å². The molecule has 2 rings (SSSR count). The number of pyridine rings is 1. The molecule has 0 aliphatic carbocycles. The molecule has 1 unspecified atom stereocenters. The molecule has 0 aromatic carbocycles. The van der Waals surface area contributed by atoms with Gasteiger partial charge in [-0.3, -0.25) is 4.98 Å². The molecule has 0 spiro atoms. The normalized spacial score (nSPS) is 12.3. The van der Waals surface area contributed by atoms with Crippen LogP contribution < -0.4 is 5.32 Å². The number of hydrogen-bond acceptors (Lipinski definition) is 4. The van der Waals surface area contributed by atoms with E-state index in [1.807, 2.05) is 18.5 Å². The average molecular weight is 260 g/mol. The van der Waals surface area contributed by atoms with Crippen molar-refractivity contribution < 1.29 is 4.74 Å². The van der Waals surface area contributed by atoms with Gasteiger partial charge in [-0.1, -0.05) is 6.07 Å². The molecule has 0 aliphatic rings. The highest BCUT2D eigenvalue weighted by Gasteiger charge is 2.08. The van der Waals surface area contributed by atoms with Crippen molar-refractivity contribution in [3.63, 3.8) is 0 Å². The molecule has 2 heterocycles. The lowest BCUT2D eigenvalue weighted by molar-refractivity contribution is 0.163. The molecule has 0 radical (unpaired) electrons. The third-order valence-corrected chi connectivity index (χ3v) is 2.97. The molecule has 0 saturated carbocycles. The molecule has 2 aromatic heterocycles. The molecule has 0 saturated heterocycles. The third-order valence-electron chi connectivity index (χ3n) is 2.97. The number of aromatic nitrogens is 3. The van der Waals surface area contributed by atoms with Gasteiger partial charge in [-0.15, -0.1) is 0 Å². The van der Waals surface area contributed by atoms with E-state index in [-0.39, 0.29) is 6.04 Å². The first-order valence-electron chi connectivity index (χ1n) is 6.46. The molecule has 0 bridgehead atoms. The maximum atomic E-state index is 5.17. The molecule has 0 amide bonds. The minimum Gasteiger partial charge on any atom is -0.383 e. The highest BCUT2D eigenvalue weighted by Crippen LogP contribution is 2.13. The van der Waals surface area contributed by atoms with Crippen molar-refractivity contribution in [2.24, 2.45) is 0 Å². The summed E-state index contributed by atoms with van der Waals surface area (Å²) in [4.78, 5) is 8.44. The van der Waals surface area contributed by atoms with E-state index in [4.69, 9.17) is 4.74 Å². The van der Waals surface area contributed by atoms with Gasteiger partial charge in [0.25, 0.3) is 0 Å². The first kappa shape index (κ1) is 13.5. The number of rotatable bonds is 7. The van der Waals surface area contributed by atoms with Crippen LogP contribution in [0.4, 0.5) is 5.95 Å². The van der Waals surface area contributed by atoms with Crippen molar-refractivity contribution in [3.8, 4) is 0 Å². The van der Waals surface area contributed by atoms with Crippen LogP contribution in [0.15, 0.2) is 36.9 Å². The molecule has 5 nitrogen and oxygen atoms in total. The lowest BCUT2D eigenvalue weighted by Crippen LogP contribution is -2.15. The minimum atomic E-state index is 0.272. The summed E-state index contributed by atoms with van der Waals surface area (Å²) in [5.41, 5.74) is 1.22. The highest BCUT2D eigenvalue weighted by atomic mass is 16.5. The van der Waals surface area contributed by atoms with E-state index in [0.717, 1.165) is 18.9 Å². The van der Waals surface area contributed by atoms with E-state index in [0.29, 0.717) is 6.61 Å². The number of anilines is 1. The number of nitrogens with one attached hydrogen (secondary N) is 1. The maximum Gasteiger partial charge on any atom is 0.203 e. The van der Waals surface area contributed by atoms with Gasteiger partial charge in [0.2, 0.25) is 5.95 Å². The maximum absolute atomic E-state index is 5.17. The van der Waals surface area contributed by atoms with Gasteiger partial charge >= 0.3 is 0 Å². The van der Waals surface area contributed by atoms with Crippen LogP contribution in [0.3, 0.4) is 0 Å². The van der Waals surface area contributed by atoms with Crippen molar-refractivity contribution in [1.82, 2.24) is 14.5 Å². The Morgan fingerprint density at radius 3 is 3.05 bits per heavy atom. The predicted octanol–water partition coefficient (Wildman–Crippen LogP) is 2.14. The zero-order chi connectivity index (χ0) is 13.5. The summed E-state index contributed by atoms with van der Waals surface area (Å²) in [6, 6.07) is 4.31. The second-order valence-electron chi connectivity index (χ2n) is 4.50. The summed E-state index contributed by atoms with van der Waals surface area (Å²) < 4.78 is 7.26. The van der Waals surface area contributed by atoms with Crippen LogP contribution in [0.5, 0.6) is 0 Å². The van der Waals surface area contributed by atoms with E-state index in [9.17, 15) is 0 Å². The lowest BCUT2D eigenvalue weighted by atomic mass is 10.2. The first-order chi connectivity index (χ1) is 9.31. The second-order valence-corrected chi connectivity index (χ2v) is 4.50. The van der Waals surface area contributed by atoms with Gasteiger partial charge in [0, 0.05) is 38.4 Å². The molecule has 0 aliphatic heterocycles. The Labute approximate surface area is 113 Å². The van der Waals surface area contributed by atoms with Crippen LogP contribution in [0.25, 0.3) is 0 Å². The van der Waals surface area contributed by atoms with Crippen molar-refractivity contribution >= 4 is 5.95 Å². The Balaban J connectivity index is 1.88. The van der Waals surface area contributed by atoms with Gasteiger partial charge in [0.1, 0.15) is 0 Å². The quantitative estimate of drug-likeness (QED) is 0.828. The number of imidazole rings is 1. The van der Waals surface area contributed by atoms with Crippen LogP contribution in [-0.2, 0) is 11.2 Å². The van der Waals surface area contributed by atoms with E-state index in [1.54, 1.807) is 19.5 Å². The van der Waals surface area contributed by atoms with Crippen molar-refractivity contribution in [2.75, 3.05) is 25.6 Å². The molecule has 19 heavy (non-hydrogen) atoms. The molecular weight excluding hydrogens is 240 g/mol. The van der Waals surface area contributed by atoms with E-state index >= 15 is 0 Å². The summed E-state index contributed by atoms with van der Waals surface area (Å²) in [6.45, 7) is 3.62. The highest BCUT2D eigenvalue weighted by molar-refractivity contribution is 5.27. The number of ether oxygens (including phenoxy) is 1. The second kappa shape index (κ2) is 6.89. The molecular formula is C14H20N4O. The summed E-state index contributed by atoms with van der Waals surface area (Å²) in [7, 11) is 1.71. The van der Waals surface area contributed by atoms with Crippen molar-refractivity contribution in [3.05, 3.63) is 42.5 Å². The SMILES string of the molecule is COCC(C)n1ccnc1NCCc1cccnc1. The van der Waals surface area contributed by atoms with Crippen LogP contribution in [0, 0.1) is 0 Å². The molecule has 1 atom stereocenters. The largest absolute Gasteiger partial charge is 0.383 e. The summed E-state index contributed by atoms with van der Waals surface area (Å²) in [5.74, 6) is 0.883. The summed E-state index contributed by atoms with van der Waals surface area (Å²) in [5, 5.41) is 3.35. The van der Waals surface area contributed by atoms with Gasteiger partial charge in [0.05, 0.1) is 12.6 Å². The van der Waals surface area contributed by atoms with Crippen molar-refractivity contribution in [2.45, 2.75) is 19.4 Å². The monoisotopic (exact) mass is 260 g/mol. The Morgan fingerprint density at radius 2 is 2.32 bits per heavy atom. The fraction of sp³-hybridized carbons (Fsp3) is 0.429. The molecule has 2 aromatic rings. The van der Waals surface area contributed by atoms with Crippen LogP contribution in [0.1, 0.15) is 18.5 Å². The lowest BCUT2D eigenvalue weighted by Gasteiger charge is -2.16. The summed E-state index contributed by atoms with van der Waals surface area (Å²) in [6.07, 6.45) is 8.38. The van der Waals surface area contributed by atoms with Crippen LogP contribution >= 0.6 is 0 Å². The van der Waals surface area contributed by atoms with Crippen molar-refractivity contribution in [1.29, 1.82) is 0 Å². The molecule has 1 N–H and O–H groups in total. The van der Waals surface area contributed by atoms with E-state index < -0.39 is 0 Å². The minimum absolute atomic E-state index is 0.272. The van der Waals surface area contributed by atoms with Gasteiger partial charge < -0.3 is 14.6 Å². The van der Waals surface area contributed by atoms with E-state index in [1.165, 1.54) is 5.56 Å². The number of hydrogen-bond donors (Lipinski definition) is 1. The number of nitrogens with zero attached hydrogens (tertiary/aromatic N) is 3. The topological polar surface area (TPSA) is 52.0 Å². The predicted molar refractivity (Wildman–Crippen MR) is 75.2 cm³/mol. The third kappa shape index (κ3) is 3.79. The van der Waals surface area contributed by atoms with Gasteiger partial charge in [-0.25, -0.2) is 4.98 Å². The van der Waals surface area contributed by atoms with E-state index in [2.05, 4.69) is 32.8 Å². The Morgan fingerprint density at radius 1 is 1.42 bits per heavy atom. The Bertz CT molecular complexity index is 483. The molecule has 5 heteroatoms. The first-order valence-corrected chi connectivity index (χ1v) is 6.46. The smallest absolute Gasteiger partial charge is 0.203 e. The molecule has 102 valence electrons.